The maximum Gasteiger partial charge on any atom is 0.201 e. The van der Waals surface area contributed by atoms with Gasteiger partial charge in [0.1, 0.15) is 0 Å². The monoisotopic (exact) mass is 253 g/mol. The minimum Gasteiger partial charge on any atom is -0.353 e. The Hall–Kier alpha value is -0.670. The van der Waals surface area contributed by atoms with Crippen LogP contribution in [0.1, 0.15) is 45.4 Å². The first-order valence-corrected chi connectivity index (χ1v) is 6.59. The van der Waals surface area contributed by atoms with Crippen LogP contribution in [0.2, 0.25) is 0 Å². The summed E-state index contributed by atoms with van der Waals surface area (Å²) in [5, 5.41) is 9.72. The topological polar surface area (TPSA) is 60.7 Å². The van der Waals surface area contributed by atoms with Gasteiger partial charge in [-0.15, -0.1) is 0 Å². The van der Waals surface area contributed by atoms with Crippen molar-refractivity contribution in [1.82, 2.24) is 0 Å². The van der Waals surface area contributed by atoms with Crippen LogP contribution in [0.15, 0.2) is 0 Å². The molecule has 0 N–H and O–H groups in total. The van der Waals surface area contributed by atoms with E-state index in [2.05, 4.69) is 6.07 Å². The van der Waals surface area contributed by atoms with Crippen LogP contribution in [-0.2, 0) is 19.2 Å². The smallest absolute Gasteiger partial charge is 0.201 e. The molecule has 4 fully saturated rings. The average Bonchev–Trinajstić information content (AvgIpc) is 2.60. The molecule has 0 aromatic carbocycles. The third kappa shape index (κ3) is 1.41. The van der Waals surface area contributed by atoms with Crippen LogP contribution >= 0.6 is 0 Å². The van der Waals surface area contributed by atoms with Gasteiger partial charge in [0.2, 0.25) is 5.79 Å². The minimum atomic E-state index is -0.798. The van der Waals surface area contributed by atoms with Gasteiger partial charge in [-0.1, -0.05) is 12.8 Å². The van der Waals surface area contributed by atoms with Gasteiger partial charge in [-0.2, -0.15) is 5.26 Å². The van der Waals surface area contributed by atoms with Crippen molar-refractivity contribution in [3.63, 3.8) is 0 Å². The van der Waals surface area contributed by atoms with E-state index < -0.39 is 23.1 Å². The molecule has 100 valence electrons. The Morgan fingerprint density at radius 2 is 1.94 bits per heavy atom. The molecule has 3 aliphatic heterocycles. The van der Waals surface area contributed by atoms with Gasteiger partial charge < -0.3 is 9.47 Å². The summed E-state index contributed by atoms with van der Waals surface area (Å²) in [5.74, 6) is -0.798. The normalized spacial score (nSPS) is 51.3. The maximum absolute atomic E-state index is 9.72. The highest BCUT2D eigenvalue weighted by Crippen LogP contribution is 2.58. The number of hydrogen-bond donors (Lipinski definition) is 0. The third-order valence-corrected chi connectivity index (χ3v) is 4.75. The van der Waals surface area contributed by atoms with Crippen molar-refractivity contribution in [2.24, 2.45) is 5.41 Å². The van der Waals surface area contributed by atoms with Crippen molar-refractivity contribution >= 4 is 0 Å². The fraction of sp³-hybridized carbons (Fsp3) is 0.923. The number of nitriles is 1. The Bertz CT molecular complexity index is 395. The number of methoxy groups -OCH3 is 1. The molecule has 4 atom stereocenters. The van der Waals surface area contributed by atoms with Gasteiger partial charge in [-0.25, -0.2) is 9.78 Å². The number of ether oxygens (including phenoxy) is 2. The van der Waals surface area contributed by atoms with Crippen molar-refractivity contribution in [1.29, 1.82) is 5.26 Å². The van der Waals surface area contributed by atoms with Crippen LogP contribution in [0.5, 0.6) is 0 Å². The first-order chi connectivity index (χ1) is 8.60. The van der Waals surface area contributed by atoms with Gasteiger partial charge in [-0.3, -0.25) is 0 Å². The van der Waals surface area contributed by atoms with Crippen LogP contribution in [0, 0.1) is 16.7 Å². The quantitative estimate of drug-likeness (QED) is 0.671. The molecule has 0 unspecified atom stereocenters. The molecule has 0 aromatic heterocycles. The molecular formula is C13H19NO4. The summed E-state index contributed by atoms with van der Waals surface area (Å²) >= 11 is 0. The molecule has 3 saturated heterocycles. The predicted molar refractivity (Wildman–Crippen MR) is 60.9 cm³/mol. The van der Waals surface area contributed by atoms with E-state index in [-0.39, 0.29) is 0 Å². The third-order valence-electron chi connectivity index (χ3n) is 4.75. The lowest BCUT2D eigenvalue weighted by Crippen LogP contribution is -2.63. The number of hydrogen-bond acceptors (Lipinski definition) is 5. The highest BCUT2D eigenvalue weighted by atomic mass is 17.3. The molecule has 2 bridgehead atoms. The van der Waals surface area contributed by atoms with E-state index in [1.807, 2.05) is 6.92 Å². The second-order valence-electron chi connectivity index (χ2n) is 5.78. The second kappa shape index (κ2) is 3.91. The summed E-state index contributed by atoms with van der Waals surface area (Å²) in [7, 11) is 1.60. The van der Waals surface area contributed by atoms with Gasteiger partial charge in [0.15, 0.2) is 11.9 Å². The van der Waals surface area contributed by atoms with Gasteiger partial charge in [-0.05, 0) is 26.2 Å². The second-order valence-corrected chi connectivity index (χ2v) is 5.78. The van der Waals surface area contributed by atoms with Crippen LogP contribution in [0.4, 0.5) is 0 Å². The molecule has 5 heteroatoms. The fourth-order valence-corrected chi connectivity index (χ4v) is 3.60. The lowest BCUT2D eigenvalue weighted by atomic mass is 9.61. The molecule has 0 amide bonds. The minimum absolute atomic E-state index is 0.529. The molecule has 1 spiro atoms. The summed E-state index contributed by atoms with van der Waals surface area (Å²) < 4.78 is 11.4. The summed E-state index contributed by atoms with van der Waals surface area (Å²) in [6.45, 7) is 1.84. The molecule has 3 heterocycles. The van der Waals surface area contributed by atoms with Crippen LogP contribution < -0.4 is 0 Å². The zero-order chi connectivity index (χ0) is 12.9. The van der Waals surface area contributed by atoms with Crippen LogP contribution in [0.3, 0.4) is 0 Å². The average molecular weight is 253 g/mol. The van der Waals surface area contributed by atoms with E-state index in [1.54, 1.807) is 7.11 Å². The van der Waals surface area contributed by atoms with Gasteiger partial charge in [0, 0.05) is 13.5 Å². The molecule has 4 aliphatic rings. The Kier molecular flexibility index (Phi) is 2.69. The largest absolute Gasteiger partial charge is 0.353 e. The van der Waals surface area contributed by atoms with Gasteiger partial charge >= 0.3 is 0 Å². The summed E-state index contributed by atoms with van der Waals surface area (Å²) in [6, 6.07) is 2.49. The van der Waals surface area contributed by atoms with Crippen molar-refractivity contribution in [3.05, 3.63) is 0 Å². The SMILES string of the molecule is CO[C@H]1O[C@]2(C)CC[C@@]3(C#N)CCCC[C@]13OO2. The lowest BCUT2D eigenvalue weighted by molar-refractivity contribution is -0.551. The van der Waals surface area contributed by atoms with Crippen molar-refractivity contribution in [2.45, 2.75) is 63.1 Å². The first kappa shape index (κ1) is 12.4. The van der Waals surface area contributed by atoms with E-state index in [9.17, 15) is 5.26 Å². The predicted octanol–water partition coefficient (Wildman–Crippen LogP) is 2.27. The molecule has 5 nitrogen and oxygen atoms in total. The van der Waals surface area contributed by atoms with E-state index in [4.69, 9.17) is 19.2 Å². The molecule has 4 rings (SSSR count). The molecule has 0 aromatic rings. The summed E-state index contributed by atoms with van der Waals surface area (Å²) in [4.78, 5) is 11.2. The van der Waals surface area contributed by atoms with E-state index in [1.165, 1.54) is 0 Å². The first-order valence-electron chi connectivity index (χ1n) is 6.59. The van der Waals surface area contributed by atoms with E-state index in [0.29, 0.717) is 6.42 Å². The maximum atomic E-state index is 9.72. The highest BCUT2D eigenvalue weighted by Gasteiger charge is 2.67. The summed E-state index contributed by atoms with van der Waals surface area (Å²) in [5.41, 5.74) is -1.33. The highest BCUT2D eigenvalue weighted by molar-refractivity contribution is 5.17. The number of nitrogens with zero attached hydrogens (tertiary/aromatic N) is 1. The number of rotatable bonds is 1. The van der Waals surface area contributed by atoms with Crippen LogP contribution in [0.25, 0.3) is 0 Å². The zero-order valence-electron chi connectivity index (χ0n) is 10.9. The Morgan fingerprint density at radius 1 is 1.17 bits per heavy atom. The number of fused-ring (bicyclic) bond motifs is 3. The summed E-state index contributed by atoms with van der Waals surface area (Å²) in [6.07, 6.45) is 4.49. The Morgan fingerprint density at radius 3 is 2.67 bits per heavy atom. The lowest BCUT2D eigenvalue weighted by Gasteiger charge is -2.52. The zero-order valence-corrected chi connectivity index (χ0v) is 10.9. The molecule has 18 heavy (non-hydrogen) atoms. The van der Waals surface area contributed by atoms with Crippen LogP contribution in [-0.4, -0.2) is 24.8 Å². The molecule has 1 aliphatic carbocycles. The van der Waals surface area contributed by atoms with Crippen molar-refractivity contribution in [3.8, 4) is 6.07 Å². The van der Waals surface area contributed by atoms with E-state index in [0.717, 1.165) is 32.1 Å². The van der Waals surface area contributed by atoms with Crippen molar-refractivity contribution < 1.29 is 19.2 Å². The standard InChI is InChI=1S/C13H19NO4/c1-11-7-8-12(9-14)5-3-4-6-13(12,18-17-11)10(15-2)16-11/h10H,3-8H2,1-2H3/t10-,11-,12+,13-/m0/s1. The molecular weight excluding hydrogens is 234 g/mol. The fourth-order valence-electron chi connectivity index (χ4n) is 3.60. The Labute approximate surface area is 107 Å². The van der Waals surface area contributed by atoms with Crippen molar-refractivity contribution in [2.75, 3.05) is 7.11 Å². The van der Waals surface area contributed by atoms with Gasteiger partial charge in [0.05, 0.1) is 11.5 Å². The van der Waals surface area contributed by atoms with E-state index >= 15 is 0 Å². The van der Waals surface area contributed by atoms with Gasteiger partial charge in [0.25, 0.3) is 0 Å². The molecule has 1 saturated carbocycles. The molecule has 0 radical (unpaired) electrons. The Balaban J connectivity index is 2.10.